The van der Waals surface area contributed by atoms with Gasteiger partial charge in [-0.1, -0.05) is 33.6 Å². The van der Waals surface area contributed by atoms with Crippen LogP contribution in [-0.4, -0.2) is 26.2 Å². The minimum atomic E-state index is 0.771. The summed E-state index contributed by atoms with van der Waals surface area (Å²) >= 11 is 0. The molecule has 96 valence electrons. The Morgan fingerprint density at radius 2 is 1.88 bits per heavy atom. The van der Waals surface area contributed by atoms with E-state index >= 15 is 0 Å². The average molecular weight is 226 g/mol. The van der Waals surface area contributed by atoms with Crippen LogP contribution in [0.25, 0.3) is 0 Å². The highest BCUT2D eigenvalue weighted by Crippen LogP contribution is 2.30. The predicted octanol–water partition coefficient (Wildman–Crippen LogP) is 2.65. The normalized spacial score (nSPS) is 25.5. The Hall–Kier alpha value is -0.0800. The second-order valence-corrected chi connectivity index (χ2v) is 5.82. The van der Waals surface area contributed by atoms with E-state index in [1.807, 2.05) is 0 Å². The lowest BCUT2D eigenvalue weighted by Crippen LogP contribution is -2.28. The molecule has 0 amide bonds. The molecule has 1 rings (SSSR count). The van der Waals surface area contributed by atoms with Gasteiger partial charge < -0.3 is 10.6 Å². The summed E-state index contributed by atoms with van der Waals surface area (Å²) in [5, 5.41) is 7.09. The summed E-state index contributed by atoms with van der Waals surface area (Å²) in [5.41, 5.74) is 0. The average Bonchev–Trinajstić information content (AvgIpc) is 2.62. The third-order valence-corrected chi connectivity index (χ3v) is 3.71. The summed E-state index contributed by atoms with van der Waals surface area (Å²) in [6, 6.07) is 0. The van der Waals surface area contributed by atoms with E-state index in [1.165, 1.54) is 38.8 Å². The monoisotopic (exact) mass is 226 g/mol. The van der Waals surface area contributed by atoms with Gasteiger partial charge in [0, 0.05) is 0 Å². The van der Waals surface area contributed by atoms with Crippen molar-refractivity contribution in [2.75, 3.05) is 26.2 Å². The van der Waals surface area contributed by atoms with Gasteiger partial charge >= 0.3 is 0 Å². The van der Waals surface area contributed by atoms with Gasteiger partial charge in [-0.15, -0.1) is 0 Å². The molecular weight excluding hydrogens is 196 g/mol. The van der Waals surface area contributed by atoms with Crippen LogP contribution in [0.3, 0.4) is 0 Å². The first-order valence-corrected chi connectivity index (χ1v) is 7.11. The Morgan fingerprint density at radius 1 is 1.12 bits per heavy atom. The number of hydrogen-bond donors (Lipinski definition) is 2. The predicted molar refractivity (Wildman–Crippen MR) is 71.7 cm³/mol. The Balaban J connectivity index is 1.84. The molecule has 0 spiro atoms. The molecule has 0 aromatic heterocycles. The van der Waals surface area contributed by atoms with E-state index in [9.17, 15) is 0 Å². The third kappa shape index (κ3) is 5.86. The van der Waals surface area contributed by atoms with Crippen molar-refractivity contribution in [3.63, 3.8) is 0 Å². The Morgan fingerprint density at radius 3 is 2.50 bits per heavy atom. The Bertz CT molecular complexity index is 168. The summed E-state index contributed by atoms with van der Waals surface area (Å²) in [4.78, 5) is 0. The number of nitrogens with one attached hydrogen (secondary N) is 2. The van der Waals surface area contributed by atoms with Crippen molar-refractivity contribution < 1.29 is 0 Å². The van der Waals surface area contributed by atoms with Crippen molar-refractivity contribution in [1.82, 2.24) is 10.6 Å². The lowest BCUT2D eigenvalue weighted by Gasteiger charge is -2.16. The lowest BCUT2D eigenvalue weighted by atomic mass is 9.98. The molecule has 0 saturated heterocycles. The van der Waals surface area contributed by atoms with Crippen LogP contribution in [0.2, 0.25) is 0 Å². The topological polar surface area (TPSA) is 24.1 Å². The Labute approximate surface area is 102 Å². The number of hydrogen-bond acceptors (Lipinski definition) is 2. The Kier molecular flexibility index (Phi) is 7.06. The first-order valence-electron chi connectivity index (χ1n) is 7.11. The zero-order valence-electron chi connectivity index (χ0n) is 11.4. The third-order valence-electron chi connectivity index (χ3n) is 3.71. The van der Waals surface area contributed by atoms with E-state index in [0.717, 1.165) is 30.8 Å². The van der Waals surface area contributed by atoms with Crippen molar-refractivity contribution in [2.45, 2.75) is 46.5 Å². The molecule has 0 bridgehead atoms. The van der Waals surface area contributed by atoms with Gasteiger partial charge in [0.2, 0.25) is 0 Å². The van der Waals surface area contributed by atoms with Gasteiger partial charge in [0.25, 0.3) is 0 Å². The molecule has 2 nitrogen and oxygen atoms in total. The van der Waals surface area contributed by atoms with Crippen LogP contribution in [0.5, 0.6) is 0 Å². The lowest BCUT2D eigenvalue weighted by molar-refractivity contribution is 0.390. The highest BCUT2D eigenvalue weighted by Gasteiger charge is 2.22. The van der Waals surface area contributed by atoms with Crippen LogP contribution in [0, 0.1) is 17.8 Å². The van der Waals surface area contributed by atoms with Gasteiger partial charge in [-0.2, -0.15) is 0 Å². The SMILES string of the molecule is CC(C)CNCCCNCC1CCCC1C. The molecule has 2 heteroatoms. The fourth-order valence-corrected chi connectivity index (χ4v) is 2.54. The second kappa shape index (κ2) is 8.08. The van der Waals surface area contributed by atoms with Crippen LogP contribution in [0.1, 0.15) is 46.5 Å². The van der Waals surface area contributed by atoms with E-state index < -0.39 is 0 Å². The quantitative estimate of drug-likeness (QED) is 0.622. The van der Waals surface area contributed by atoms with E-state index in [1.54, 1.807) is 0 Å². The molecule has 1 fully saturated rings. The van der Waals surface area contributed by atoms with Crippen molar-refractivity contribution in [3.05, 3.63) is 0 Å². The highest BCUT2D eigenvalue weighted by atomic mass is 14.9. The van der Waals surface area contributed by atoms with Crippen LogP contribution in [0.15, 0.2) is 0 Å². The second-order valence-electron chi connectivity index (χ2n) is 5.82. The largest absolute Gasteiger partial charge is 0.316 e. The standard InChI is InChI=1S/C14H30N2/c1-12(2)10-15-8-5-9-16-11-14-7-4-6-13(14)3/h12-16H,4-11H2,1-3H3. The maximum atomic E-state index is 3.61. The van der Waals surface area contributed by atoms with E-state index in [0.29, 0.717) is 0 Å². The maximum absolute atomic E-state index is 3.61. The maximum Gasteiger partial charge on any atom is -0.00180 e. The molecule has 0 aromatic carbocycles. The first kappa shape index (κ1) is 14.0. The van der Waals surface area contributed by atoms with E-state index in [2.05, 4.69) is 31.4 Å². The summed E-state index contributed by atoms with van der Waals surface area (Å²) in [6.07, 6.45) is 5.60. The number of rotatable bonds is 8. The fourth-order valence-electron chi connectivity index (χ4n) is 2.54. The summed E-state index contributed by atoms with van der Waals surface area (Å²) in [5.74, 6) is 2.67. The van der Waals surface area contributed by atoms with Crippen LogP contribution < -0.4 is 10.6 Å². The van der Waals surface area contributed by atoms with Crippen LogP contribution in [-0.2, 0) is 0 Å². The molecule has 0 radical (unpaired) electrons. The molecular formula is C14H30N2. The minimum absolute atomic E-state index is 0.771. The van der Waals surface area contributed by atoms with Gasteiger partial charge in [0.15, 0.2) is 0 Å². The van der Waals surface area contributed by atoms with Gasteiger partial charge in [-0.05, 0) is 56.8 Å². The zero-order valence-corrected chi connectivity index (χ0v) is 11.4. The summed E-state index contributed by atoms with van der Waals surface area (Å²) < 4.78 is 0. The van der Waals surface area contributed by atoms with Gasteiger partial charge in [-0.25, -0.2) is 0 Å². The van der Waals surface area contributed by atoms with Gasteiger partial charge in [-0.3, -0.25) is 0 Å². The summed E-state index contributed by atoms with van der Waals surface area (Å²) in [6.45, 7) is 11.6. The molecule has 0 aliphatic heterocycles. The molecule has 1 aliphatic carbocycles. The summed E-state index contributed by atoms with van der Waals surface area (Å²) in [7, 11) is 0. The van der Waals surface area contributed by atoms with Gasteiger partial charge in [0.05, 0.1) is 0 Å². The molecule has 1 aliphatic rings. The molecule has 0 aromatic rings. The highest BCUT2D eigenvalue weighted by molar-refractivity contribution is 4.75. The molecule has 0 heterocycles. The molecule has 1 saturated carbocycles. The van der Waals surface area contributed by atoms with Crippen LogP contribution >= 0.6 is 0 Å². The van der Waals surface area contributed by atoms with E-state index in [-0.39, 0.29) is 0 Å². The van der Waals surface area contributed by atoms with Crippen molar-refractivity contribution in [3.8, 4) is 0 Å². The molecule has 2 unspecified atom stereocenters. The minimum Gasteiger partial charge on any atom is -0.316 e. The van der Waals surface area contributed by atoms with Crippen LogP contribution in [0.4, 0.5) is 0 Å². The van der Waals surface area contributed by atoms with Crippen molar-refractivity contribution in [1.29, 1.82) is 0 Å². The molecule has 16 heavy (non-hydrogen) atoms. The van der Waals surface area contributed by atoms with Gasteiger partial charge in [0.1, 0.15) is 0 Å². The van der Waals surface area contributed by atoms with Crippen molar-refractivity contribution in [2.24, 2.45) is 17.8 Å². The molecule has 2 N–H and O–H groups in total. The first-order chi connectivity index (χ1) is 7.70. The van der Waals surface area contributed by atoms with Crippen molar-refractivity contribution >= 4 is 0 Å². The fraction of sp³-hybridized carbons (Fsp3) is 1.00. The zero-order chi connectivity index (χ0) is 11.8. The molecule has 2 atom stereocenters. The van der Waals surface area contributed by atoms with E-state index in [4.69, 9.17) is 0 Å². The smallest absolute Gasteiger partial charge is 0.00180 e.